The molecular weight excluding hydrogens is 377 g/mol. The molecule has 2 aromatic heterocycles. The molecule has 0 atom stereocenters. The third-order valence-corrected chi connectivity index (χ3v) is 4.92. The number of pyridine rings is 1. The predicted molar refractivity (Wildman–Crippen MR) is 110 cm³/mol. The number of urea groups is 1. The van der Waals surface area contributed by atoms with E-state index in [1.165, 1.54) is 6.07 Å². The van der Waals surface area contributed by atoms with Gasteiger partial charge in [0.15, 0.2) is 0 Å². The molecule has 0 saturated heterocycles. The van der Waals surface area contributed by atoms with Gasteiger partial charge in [-0.25, -0.2) is 9.18 Å². The van der Waals surface area contributed by atoms with Gasteiger partial charge in [-0.2, -0.15) is 0 Å². The molecule has 140 valence electrons. The number of aryl methyl sites for hydroxylation is 1. The smallest absolute Gasteiger partial charge is 0.323 e. The van der Waals surface area contributed by atoms with E-state index in [0.717, 1.165) is 15.8 Å². The summed E-state index contributed by atoms with van der Waals surface area (Å²) in [5.74, 6) is 0.777. The molecule has 0 spiro atoms. The number of benzene rings is 2. The third-order valence-electron chi connectivity index (χ3n) is 4.00. The lowest BCUT2D eigenvalue weighted by Crippen LogP contribution is -2.20. The Balaban J connectivity index is 1.48. The van der Waals surface area contributed by atoms with Crippen molar-refractivity contribution in [3.8, 4) is 11.5 Å². The van der Waals surface area contributed by atoms with Crippen LogP contribution in [-0.2, 0) is 0 Å². The zero-order valence-corrected chi connectivity index (χ0v) is 15.7. The fraction of sp³-hybridized carbons (Fsp3) is 0.0476. The number of halogens is 1. The van der Waals surface area contributed by atoms with E-state index in [9.17, 15) is 9.18 Å². The van der Waals surface area contributed by atoms with E-state index in [1.54, 1.807) is 60.0 Å². The van der Waals surface area contributed by atoms with Gasteiger partial charge in [0.1, 0.15) is 17.3 Å². The van der Waals surface area contributed by atoms with Crippen LogP contribution in [0.5, 0.6) is 11.5 Å². The van der Waals surface area contributed by atoms with Crippen molar-refractivity contribution in [2.75, 3.05) is 10.6 Å². The average Bonchev–Trinajstić information content (AvgIpc) is 3.15. The molecule has 0 unspecified atom stereocenters. The fourth-order valence-corrected chi connectivity index (χ4v) is 3.51. The summed E-state index contributed by atoms with van der Waals surface area (Å²) in [7, 11) is 0. The molecule has 0 radical (unpaired) electrons. The summed E-state index contributed by atoms with van der Waals surface area (Å²) in [6.45, 7) is 1.83. The van der Waals surface area contributed by atoms with E-state index in [2.05, 4.69) is 15.6 Å². The van der Waals surface area contributed by atoms with Gasteiger partial charge >= 0.3 is 6.03 Å². The molecule has 2 aromatic carbocycles. The van der Waals surface area contributed by atoms with Gasteiger partial charge in [0.05, 0.1) is 15.9 Å². The lowest BCUT2D eigenvalue weighted by molar-refractivity contribution is 0.262. The first-order valence-corrected chi connectivity index (χ1v) is 9.41. The second-order valence-corrected chi connectivity index (χ2v) is 7.05. The predicted octanol–water partition coefficient (Wildman–Crippen LogP) is 6.18. The molecule has 0 aliphatic rings. The van der Waals surface area contributed by atoms with Gasteiger partial charge in [-0.15, -0.1) is 11.3 Å². The van der Waals surface area contributed by atoms with Crippen LogP contribution < -0.4 is 15.4 Å². The maximum absolute atomic E-state index is 13.8. The number of rotatable bonds is 4. The molecule has 0 fully saturated rings. The zero-order chi connectivity index (χ0) is 19.5. The highest BCUT2D eigenvalue weighted by Gasteiger charge is 2.09. The number of nitrogens with one attached hydrogen (secondary N) is 2. The number of fused-ring (bicyclic) bond motifs is 1. The van der Waals surface area contributed by atoms with Gasteiger partial charge in [0, 0.05) is 24.0 Å². The largest absolute Gasteiger partial charge is 0.456 e. The zero-order valence-electron chi connectivity index (χ0n) is 14.9. The minimum Gasteiger partial charge on any atom is -0.456 e. The first-order valence-electron chi connectivity index (χ1n) is 8.53. The number of thiophene rings is 1. The third kappa shape index (κ3) is 3.94. The Morgan fingerprint density at radius 1 is 1.11 bits per heavy atom. The summed E-state index contributed by atoms with van der Waals surface area (Å²) in [5.41, 5.74) is 2.38. The molecule has 28 heavy (non-hydrogen) atoms. The van der Waals surface area contributed by atoms with Crippen LogP contribution in [0, 0.1) is 12.7 Å². The van der Waals surface area contributed by atoms with E-state index in [4.69, 9.17) is 4.74 Å². The van der Waals surface area contributed by atoms with Gasteiger partial charge < -0.3 is 15.4 Å². The second kappa shape index (κ2) is 7.66. The van der Waals surface area contributed by atoms with E-state index in [0.29, 0.717) is 17.2 Å². The van der Waals surface area contributed by atoms with Crippen LogP contribution in [0.3, 0.4) is 0 Å². The van der Waals surface area contributed by atoms with Crippen LogP contribution in [0.15, 0.2) is 66.2 Å². The average molecular weight is 393 g/mol. The van der Waals surface area contributed by atoms with Gasteiger partial charge in [0.2, 0.25) is 0 Å². The Labute approximate surface area is 164 Å². The molecular formula is C21H16FN3O2S. The number of anilines is 2. The first-order chi connectivity index (χ1) is 13.6. The summed E-state index contributed by atoms with van der Waals surface area (Å²) in [5, 5.41) is 7.16. The fourth-order valence-electron chi connectivity index (χ4n) is 2.71. The van der Waals surface area contributed by atoms with Crippen LogP contribution in [0.25, 0.3) is 10.2 Å². The van der Waals surface area contributed by atoms with Crippen molar-refractivity contribution in [3.05, 3.63) is 77.6 Å². The molecule has 2 N–H and O–H groups in total. The highest BCUT2D eigenvalue weighted by atomic mass is 32.1. The maximum Gasteiger partial charge on any atom is 0.323 e. The second-order valence-electron chi connectivity index (χ2n) is 6.14. The molecule has 4 rings (SSSR count). The highest BCUT2D eigenvalue weighted by molar-refractivity contribution is 7.17. The molecule has 0 aliphatic carbocycles. The Hall–Kier alpha value is -3.45. The number of ether oxygens (including phenoxy) is 1. The minimum absolute atomic E-state index is 0.127. The highest BCUT2D eigenvalue weighted by Crippen LogP contribution is 2.33. The van der Waals surface area contributed by atoms with Crippen molar-refractivity contribution < 1.29 is 13.9 Å². The molecule has 2 amide bonds. The molecule has 5 nitrogen and oxygen atoms in total. The Bertz CT molecular complexity index is 1160. The molecule has 4 aromatic rings. The molecule has 0 saturated carbocycles. The molecule has 0 bridgehead atoms. The number of aromatic nitrogens is 1. The summed E-state index contributed by atoms with van der Waals surface area (Å²) in [4.78, 5) is 16.5. The topological polar surface area (TPSA) is 63.2 Å². The van der Waals surface area contributed by atoms with E-state index in [1.807, 2.05) is 18.4 Å². The number of hydrogen-bond donors (Lipinski definition) is 2. The van der Waals surface area contributed by atoms with Crippen molar-refractivity contribution in [2.45, 2.75) is 6.92 Å². The molecule has 0 aliphatic heterocycles. The lowest BCUT2D eigenvalue weighted by atomic mass is 10.2. The summed E-state index contributed by atoms with van der Waals surface area (Å²) in [6.07, 6.45) is 1.69. The quantitative estimate of drug-likeness (QED) is 0.435. The van der Waals surface area contributed by atoms with Crippen LogP contribution in [0.2, 0.25) is 0 Å². The maximum atomic E-state index is 13.8. The monoisotopic (exact) mass is 393 g/mol. The van der Waals surface area contributed by atoms with E-state index >= 15 is 0 Å². The Morgan fingerprint density at radius 3 is 2.89 bits per heavy atom. The van der Waals surface area contributed by atoms with Crippen molar-refractivity contribution in [1.29, 1.82) is 0 Å². The molecule has 2 heterocycles. The van der Waals surface area contributed by atoms with Gasteiger partial charge in [-0.3, -0.25) is 4.98 Å². The SMILES string of the molecule is Cc1ccc(F)c(NC(=O)Nc2cccc(Oc3ccnc4ccsc34)c2)c1. The van der Waals surface area contributed by atoms with Crippen LogP contribution in [0.4, 0.5) is 20.6 Å². The normalized spacial score (nSPS) is 10.6. The number of nitrogens with zero attached hydrogens (tertiary/aromatic N) is 1. The van der Waals surface area contributed by atoms with Crippen molar-refractivity contribution in [3.63, 3.8) is 0 Å². The lowest BCUT2D eigenvalue weighted by Gasteiger charge is -2.11. The minimum atomic E-state index is -0.536. The van der Waals surface area contributed by atoms with Gasteiger partial charge in [0.25, 0.3) is 0 Å². The van der Waals surface area contributed by atoms with Crippen molar-refractivity contribution in [1.82, 2.24) is 4.98 Å². The van der Waals surface area contributed by atoms with Gasteiger partial charge in [-0.1, -0.05) is 12.1 Å². The Kier molecular flexibility index (Phi) is 4.90. The number of amides is 2. The Morgan fingerprint density at radius 2 is 2.00 bits per heavy atom. The number of hydrogen-bond acceptors (Lipinski definition) is 4. The van der Waals surface area contributed by atoms with Crippen LogP contribution in [0.1, 0.15) is 5.56 Å². The van der Waals surface area contributed by atoms with E-state index < -0.39 is 11.8 Å². The number of carbonyl (C=O) groups is 1. The van der Waals surface area contributed by atoms with E-state index in [-0.39, 0.29) is 5.69 Å². The first kappa shape index (κ1) is 17.9. The standard InChI is InChI=1S/C21H16FN3O2S/c1-13-5-6-16(22)18(11-13)25-21(26)24-14-3-2-4-15(12-14)27-19-7-9-23-17-8-10-28-20(17)19/h2-12H,1H3,(H2,24,25,26). The van der Waals surface area contributed by atoms with Crippen molar-refractivity contribution >= 4 is 39.0 Å². The van der Waals surface area contributed by atoms with Crippen molar-refractivity contribution in [2.24, 2.45) is 0 Å². The van der Waals surface area contributed by atoms with Gasteiger partial charge in [-0.05, 0) is 48.2 Å². The summed E-state index contributed by atoms with van der Waals surface area (Å²) >= 11 is 1.55. The van der Waals surface area contributed by atoms with Crippen LogP contribution in [-0.4, -0.2) is 11.0 Å². The number of carbonyl (C=O) groups excluding carboxylic acids is 1. The summed E-state index contributed by atoms with van der Waals surface area (Å²) < 4.78 is 20.7. The van der Waals surface area contributed by atoms with Crippen LogP contribution >= 0.6 is 11.3 Å². The summed E-state index contributed by atoms with van der Waals surface area (Å²) in [6, 6.07) is 14.7. The molecule has 7 heteroatoms.